The highest BCUT2D eigenvalue weighted by molar-refractivity contribution is 6.37. The average molecular weight is 428 g/mol. The van der Waals surface area contributed by atoms with Crippen molar-refractivity contribution in [1.82, 2.24) is 9.97 Å². The Morgan fingerprint density at radius 2 is 1.58 bits per heavy atom. The molecule has 0 fully saturated rings. The lowest BCUT2D eigenvalue weighted by molar-refractivity contribution is 0.102. The number of nitrogens with one attached hydrogen (secondary N) is 2. The lowest BCUT2D eigenvalue weighted by atomic mass is 10.2. The second-order valence-corrected chi connectivity index (χ2v) is 6.74. The Kier molecular flexibility index (Phi) is 5.84. The molecule has 132 valence electrons. The van der Waals surface area contributed by atoms with Crippen LogP contribution in [0.5, 0.6) is 0 Å². The van der Waals surface area contributed by atoms with Crippen LogP contribution < -0.4 is 10.6 Å². The van der Waals surface area contributed by atoms with Crippen molar-refractivity contribution >= 4 is 69.5 Å². The Hall–Kier alpha value is -2.05. The standard InChI is InChI=1S/C17H10Cl4N4O/c18-9-1-4-11(5-2-9)24-16-14(15(21)22-8-23-16)25-17(26)12-6-3-10(19)7-13(12)20/h1-8H,(H,25,26)(H,22,23,24). The second kappa shape index (κ2) is 8.10. The van der Waals surface area contributed by atoms with E-state index in [-0.39, 0.29) is 21.4 Å². The zero-order valence-corrected chi connectivity index (χ0v) is 16.0. The van der Waals surface area contributed by atoms with Crippen LogP contribution in [0, 0.1) is 0 Å². The number of carbonyl (C=O) groups is 1. The smallest absolute Gasteiger partial charge is 0.257 e. The molecule has 3 rings (SSSR count). The van der Waals surface area contributed by atoms with Gasteiger partial charge in [0.2, 0.25) is 0 Å². The fourth-order valence-corrected chi connectivity index (χ4v) is 2.89. The number of carbonyl (C=O) groups excluding carboxylic acids is 1. The lowest BCUT2D eigenvalue weighted by Gasteiger charge is -2.13. The lowest BCUT2D eigenvalue weighted by Crippen LogP contribution is -2.15. The van der Waals surface area contributed by atoms with Crippen LogP contribution in [0.3, 0.4) is 0 Å². The molecule has 0 atom stereocenters. The SMILES string of the molecule is O=C(Nc1c(Cl)ncnc1Nc1ccc(Cl)cc1)c1ccc(Cl)cc1Cl. The first kappa shape index (κ1) is 18.7. The highest BCUT2D eigenvalue weighted by Crippen LogP contribution is 2.30. The van der Waals surface area contributed by atoms with E-state index in [4.69, 9.17) is 46.4 Å². The number of aromatic nitrogens is 2. The number of halogens is 4. The number of rotatable bonds is 4. The van der Waals surface area contributed by atoms with E-state index in [9.17, 15) is 4.79 Å². The summed E-state index contributed by atoms with van der Waals surface area (Å²) < 4.78 is 0. The third-order valence-corrected chi connectivity index (χ3v) is 4.41. The Labute approximate surface area is 169 Å². The Morgan fingerprint density at radius 3 is 2.27 bits per heavy atom. The van der Waals surface area contributed by atoms with Crippen LogP contribution in [0.2, 0.25) is 20.2 Å². The molecule has 1 aromatic heterocycles. The molecule has 5 nitrogen and oxygen atoms in total. The van der Waals surface area contributed by atoms with Gasteiger partial charge in [0.15, 0.2) is 11.0 Å². The van der Waals surface area contributed by atoms with Gasteiger partial charge in [-0.2, -0.15) is 0 Å². The van der Waals surface area contributed by atoms with Crippen LogP contribution in [0.25, 0.3) is 0 Å². The van der Waals surface area contributed by atoms with Crippen molar-refractivity contribution in [2.45, 2.75) is 0 Å². The van der Waals surface area contributed by atoms with Gasteiger partial charge in [-0.25, -0.2) is 9.97 Å². The molecule has 2 N–H and O–H groups in total. The minimum absolute atomic E-state index is 0.0786. The van der Waals surface area contributed by atoms with Crippen LogP contribution in [-0.2, 0) is 0 Å². The van der Waals surface area contributed by atoms with Gasteiger partial charge < -0.3 is 10.6 Å². The molecule has 1 heterocycles. The van der Waals surface area contributed by atoms with Crippen molar-refractivity contribution in [3.8, 4) is 0 Å². The summed E-state index contributed by atoms with van der Waals surface area (Å²) in [4.78, 5) is 20.6. The molecular weight excluding hydrogens is 418 g/mol. The normalized spacial score (nSPS) is 10.5. The van der Waals surface area contributed by atoms with E-state index in [2.05, 4.69) is 20.6 Å². The van der Waals surface area contributed by atoms with Crippen LogP contribution >= 0.6 is 46.4 Å². The number of nitrogens with zero attached hydrogens (tertiary/aromatic N) is 2. The van der Waals surface area contributed by atoms with E-state index in [0.29, 0.717) is 21.6 Å². The van der Waals surface area contributed by atoms with Gasteiger partial charge in [0.25, 0.3) is 5.91 Å². The van der Waals surface area contributed by atoms with E-state index in [1.165, 1.54) is 18.5 Å². The first-order valence-corrected chi connectivity index (χ1v) is 8.74. The van der Waals surface area contributed by atoms with Crippen molar-refractivity contribution in [2.75, 3.05) is 10.6 Å². The van der Waals surface area contributed by atoms with E-state index in [1.54, 1.807) is 30.3 Å². The van der Waals surface area contributed by atoms with Crippen LogP contribution in [0.15, 0.2) is 48.8 Å². The number of hydrogen-bond donors (Lipinski definition) is 2. The van der Waals surface area contributed by atoms with E-state index >= 15 is 0 Å². The van der Waals surface area contributed by atoms with Gasteiger partial charge in [0.05, 0.1) is 10.6 Å². The minimum atomic E-state index is -0.470. The zero-order chi connectivity index (χ0) is 18.7. The maximum Gasteiger partial charge on any atom is 0.257 e. The molecule has 0 radical (unpaired) electrons. The highest BCUT2D eigenvalue weighted by atomic mass is 35.5. The first-order valence-electron chi connectivity index (χ1n) is 7.23. The predicted octanol–water partition coefficient (Wildman–Crippen LogP) is 6.09. The molecule has 0 aliphatic heterocycles. The molecule has 0 aliphatic carbocycles. The molecule has 0 saturated heterocycles. The van der Waals surface area contributed by atoms with Crippen molar-refractivity contribution in [3.05, 3.63) is 74.6 Å². The zero-order valence-electron chi connectivity index (χ0n) is 12.9. The number of hydrogen-bond acceptors (Lipinski definition) is 4. The Morgan fingerprint density at radius 1 is 0.885 bits per heavy atom. The number of amides is 1. The third kappa shape index (κ3) is 4.37. The molecule has 0 saturated carbocycles. The Bertz CT molecular complexity index is 963. The van der Waals surface area contributed by atoms with Crippen LogP contribution in [0.4, 0.5) is 17.2 Å². The van der Waals surface area contributed by atoms with E-state index < -0.39 is 5.91 Å². The van der Waals surface area contributed by atoms with Crippen molar-refractivity contribution in [2.24, 2.45) is 0 Å². The van der Waals surface area contributed by atoms with Gasteiger partial charge in [-0.1, -0.05) is 46.4 Å². The van der Waals surface area contributed by atoms with Crippen LogP contribution in [-0.4, -0.2) is 15.9 Å². The molecule has 0 unspecified atom stereocenters. The first-order chi connectivity index (χ1) is 12.4. The maximum atomic E-state index is 12.5. The Balaban J connectivity index is 1.89. The topological polar surface area (TPSA) is 66.9 Å². The highest BCUT2D eigenvalue weighted by Gasteiger charge is 2.17. The van der Waals surface area contributed by atoms with E-state index in [1.807, 2.05) is 0 Å². The summed E-state index contributed by atoms with van der Waals surface area (Å²) in [5.74, 6) is -0.145. The summed E-state index contributed by atoms with van der Waals surface area (Å²) in [6.07, 6.45) is 1.28. The van der Waals surface area contributed by atoms with Gasteiger partial charge in [0.1, 0.15) is 12.0 Å². The average Bonchev–Trinajstić information content (AvgIpc) is 2.59. The fraction of sp³-hybridized carbons (Fsp3) is 0. The van der Waals surface area contributed by atoms with Crippen molar-refractivity contribution in [3.63, 3.8) is 0 Å². The summed E-state index contributed by atoms with van der Waals surface area (Å²) in [6.45, 7) is 0. The molecule has 9 heteroatoms. The van der Waals surface area contributed by atoms with Gasteiger partial charge in [-0.05, 0) is 42.5 Å². The van der Waals surface area contributed by atoms with Crippen molar-refractivity contribution in [1.29, 1.82) is 0 Å². The quantitative estimate of drug-likeness (QED) is 0.494. The third-order valence-electron chi connectivity index (χ3n) is 3.32. The monoisotopic (exact) mass is 426 g/mol. The van der Waals surface area contributed by atoms with Gasteiger partial charge in [0, 0.05) is 15.7 Å². The van der Waals surface area contributed by atoms with Gasteiger partial charge in [-0.15, -0.1) is 0 Å². The number of benzene rings is 2. The fourth-order valence-electron chi connectivity index (χ4n) is 2.09. The van der Waals surface area contributed by atoms with Gasteiger partial charge >= 0.3 is 0 Å². The molecule has 0 aliphatic rings. The maximum absolute atomic E-state index is 12.5. The second-order valence-electron chi connectivity index (χ2n) is 5.10. The van der Waals surface area contributed by atoms with Gasteiger partial charge in [-0.3, -0.25) is 4.79 Å². The molecule has 2 aromatic carbocycles. The van der Waals surface area contributed by atoms with Crippen LogP contribution in [0.1, 0.15) is 10.4 Å². The summed E-state index contributed by atoms with van der Waals surface area (Å²) >= 11 is 24.0. The summed E-state index contributed by atoms with van der Waals surface area (Å²) in [5.41, 5.74) is 1.18. The number of anilines is 3. The molecule has 1 amide bonds. The molecule has 3 aromatic rings. The molecule has 0 spiro atoms. The van der Waals surface area contributed by atoms with E-state index in [0.717, 1.165) is 0 Å². The molecule has 0 bridgehead atoms. The summed E-state index contributed by atoms with van der Waals surface area (Å²) in [7, 11) is 0. The molecular formula is C17H10Cl4N4O. The largest absolute Gasteiger partial charge is 0.338 e. The summed E-state index contributed by atoms with van der Waals surface area (Å²) in [6, 6.07) is 11.5. The predicted molar refractivity (Wildman–Crippen MR) is 106 cm³/mol. The summed E-state index contributed by atoms with van der Waals surface area (Å²) in [5, 5.41) is 7.06. The van der Waals surface area contributed by atoms with Crippen molar-refractivity contribution < 1.29 is 4.79 Å². The molecule has 26 heavy (non-hydrogen) atoms. The minimum Gasteiger partial charge on any atom is -0.338 e.